The number of halogens is 3. The van der Waals surface area contributed by atoms with E-state index in [1.54, 1.807) is 24.3 Å². The summed E-state index contributed by atoms with van der Waals surface area (Å²) >= 11 is 6.59. The number of phenols is 1. The molecule has 15 heteroatoms. The van der Waals surface area contributed by atoms with Crippen molar-refractivity contribution in [3.05, 3.63) is 123 Å². The molecule has 0 radical (unpaired) electrons. The number of aliphatic hydroxyl groups is 1. The molecule has 0 spiro atoms. The molecule has 8 N–H and O–H groups in total. The quantitative estimate of drug-likeness (QED) is 0.0517. The van der Waals surface area contributed by atoms with E-state index < -0.39 is 12.2 Å². The van der Waals surface area contributed by atoms with Crippen LogP contribution in [0, 0.1) is 0 Å². The normalized spacial score (nSPS) is 15.4. The summed E-state index contributed by atoms with van der Waals surface area (Å²) in [6.07, 6.45) is 3.25. The van der Waals surface area contributed by atoms with E-state index in [9.17, 15) is 29.7 Å². The number of aromatic amines is 1. The summed E-state index contributed by atoms with van der Waals surface area (Å²) < 4.78 is 5.58. The zero-order valence-electron chi connectivity index (χ0n) is 32.1. The molecule has 1 aromatic heterocycles. The van der Waals surface area contributed by atoms with E-state index in [1.807, 2.05) is 48.5 Å². The van der Waals surface area contributed by atoms with E-state index in [0.717, 1.165) is 48.8 Å². The Morgan fingerprint density at radius 1 is 0.983 bits per heavy atom. The summed E-state index contributed by atoms with van der Waals surface area (Å²) in [4.78, 5) is 41.8. The molecule has 1 aliphatic carbocycles. The number of ether oxygens (including phenoxy) is 1. The lowest BCUT2D eigenvalue weighted by molar-refractivity contribution is 0.0952. The number of pyridine rings is 1. The third kappa shape index (κ3) is 11.0. The number of nitrogens with one attached hydrogen (secondary N) is 3. The van der Waals surface area contributed by atoms with Gasteiger partial charge in [-0.3, -0.25) is 14.5 Å². The number of hydrogen-bond donors (Lipinski definition) is 7. The third-order valence-corrected chi connectivity index (χ3v) is 10.7. The van der Waals surface area contributed by atoms with Gasteiger partial charge in [-0.05, 0) is 92.0 Å². The summed E-state index contributed by atoms with van der Waals surface area (Å²) in [6.45, 7) is 0.840. The maximum absolute atomic E-state index is 13.2. The molecule has 6 rings (SSSR count). The fraction of sp³-hybridized carbons (Fsp3) is 0.326. The number of H-pyrrole nitrogens is 1. The van der Waals surface area contributed by atoms with Gasteiger partial charge in [0, 0.05) is 54.3 Å². The van der Waals surface area contributed by atoms with Crippen molar-refractivity contribution in [1.82, 2.24) is 15.6 Å². The second kappa shape index (κ2) is 21.3. The Balaban J connectivity index is 0.00000372. The average Bonchev–Trinajstić information content (AvgIpc) is 3.19. The van der Waals surface area contributed by atoms with Gasteiger partial charge in [0.05, 0.1) is 35.0 Å². The maximum Gasteiger partial charge on any atom is 0.412 e. The highest BCUT2D eigenvalue weighted by Gasteiger charge is 2.31. The van der Waals surface area contributed by atoms with Crippen molar-refractivity contribution in [2.75, 3.05) is 25.1 Å². The first-order chi connectivity index (χ1) is 27.0. The predicted molar refractivity (Wildman–Crippen MR) is 233 cm³/mol. The molecule has 0 unspecified atom stereocenters. The number of carboxylic acid groups (broad SMARTS) is 1. The lowest BCUT2D eigenvalue weighted by Crippen LogP contribution is -2.44. The van der Waals surface area contributed by atoms with Crippen molar-refractivity contribution in [2.45, 2.75) is 69.7 Å². The minimum atomic E-state index is -0.972. The SMILES string of the molecule is COc1cc(C(=O)NCCCCc2ccc(-c3ccccc3)c(N(C(=O)O)C3CCC(N)CC3)c2)c(Cl)cc1CNC[C@H](O)c1ccc(O)c2[nH]c(=O)ccc12.Cl.Cl. The molecule has 1 atom stereocenters. The number of amides is 2. The Morgan fingerprint density at radius 2 is 1.72 bits per heavy atom. The van der Waals surface area contributed by atoms with Crippen molar-refractivity contribution in [2.24, 2.45) is 5.73 Å². The Kier molecular flexibility index (Phi) is 16.8. The number of nitrogens with two attached hydrogens (primary N) is 1. The molecular formula is C43H50Cl3N5O7. The van der Waals surface area contributed by atoms with Crippen molar-refractivity contribution in [3.63, 3.8) is 0 Å². The lowest BCUT2D eigenvalue weighted by Gasteiger charge is -2.35. The minimum Gasteiger partial charge on any atom is -0.506 e. The van der Waals surface area contributed by atoms with Crippen molar-refractivity contribution < 1.29 is 29.6 Å². The number of aliphatic hydroxyl groups excluding tert-OH is 1. The molecule has 0 saturated heterocycles. The van der Waals surface area contributed by atoms with Crippen LogP contribution < -0.4 is 31.6 Å². The Hall–Kier alpha value is -4.82. The van der Waals surface area contributed by atoms with Crippen LogP contribution in [0.5, 0.6) is 11.5 Å². The fourth-order valence-electron chi connectivity index (χ4n) is 7.46. The van der Waals surface area contributed by atoms with Crippen LogP contribution in [0.15, 0.2) is 89.7 Å². The molecule has 1 aliphatic rings. The molecule has 4 aromatic carbocycles. The average molecular weight is 855 g/mol. The molecule has 310 valence electrons. The number of nitrogens with zero attached hydrogens (tertiary/aromatic N) is 1. The third-order valence-electron chi connectivity index (χ3n) is 10.4. The van der Waals surface area contributed by atoms with Crippen LogP contribution in [0.2, 0.25) is 5.02 Å². The first kappa shape index (κ1) is 45.9. The summed E-state index contributed by atoms with van der Waals surface area (Å²) in [6, 6.07) is 25.0. The number of carbonyl (C=O) groups excluding carboxylic acids is 1. The highest BCUT2D eigenvalue weighted by Crippen LogP contribution is 2.37. The van der Waals surface area contributed by atoms with E-state index in [2.05, 4.69) is 15.6 Å². The monoisotopic (exact) mass is 853 g/mol. The largest absolute Gasteiger partial charge is 0.506 e. The summed E-state index contributed by atoms with van der Waals surface area (Å²) in [5, 5.41) is 38.4. The number of unbranched alkanes of at least 4 members (excludes halogenated alkanes) is 1. The number of aromatic nitrogens is 1. The van der Waals surface area contributed by atoms with Gasteiger partial charge in [0.15, 0.2) is 0 Å². The van der Waals surface area contributed by atoms with Crippen LogP contribution in [-0.2, 0) is 13.0 Å². The number of anilines is 1. The first-order valence-corrected chi connectivity index (χ1v) is 19.3. The molecule has 1 heterocycles. The Morgan fingerprint density at radius 3 is 2.43 bits per heavy atom. The van der Waals surface area contributed by atoms with Gasteiger partial charge in [0.1, 0.15) is 11.5 Å². The number of carbonyl (C=O) groups is 2. The first-order valence-electron chi connectivity index (χ1n) is 18.9. The van der Waals surface area contributed by atoms with Crippen LogP contribution in [0.3, 0.4) is 0 Å². The maximum atomic E-state index is 13.2. The van der Waals surface area contributed by atoms with Gasteiger partial charge in [0.2, 0.25) is 5.56 Å². The van der Waals surface area contributed by atoms with Crippen LogP contribution in [-0.4, -0.2) is 64.6 Å². The van der Waals surface area contributed by atoms with Crippen molar-refractivity contribution in [1.29, 1.82) is 0 Å². The van der Waals surface area contributed by atoms with Gasteiger partial charge < -0.3 is 41.4 Å². The zero-order valence-corrected chi connectivity index (χ0v) is 34.5. The fourth-order valence-corrected chi connectivity index (χ4v) is 7.73. The van der Waals surface area contributed by atoms with E-state index >= 15 is 0 Å². The smallest absolute Gasteiger partial charge is 0.412 e. The molecule has 1 fully saturated rings. The van der Waals surface area contributed by atoms with Crippen LogP contribution >= 0.6 is 36.4 Å². The number of phenolic OH excluding ortho intramolecular Hbond substituents is 1. The van der Waals surface area contributed by atoms with Gasteiger partial charge in [0.25, 0.3) is 5.91 Å². The number of hydrogen-bond acceptors (Lipinski definition) is 8. The summed E-state index contributed by atoms with van der Waals surface area (Å²) in [5.74, 6) is 0.0331. The topological polar surface area (TPSA) is 190 Å². The Bertz CT molecular complexity index is 2230. The van der Waals surface area contributed by atoms with Crippen molar-refractivity contribution >= 4 is 65.0 Å². The lowest BCUT2D eigenvalue weighted by atomic mass is 9.89. The van der Waals surface area contributed by atoms with E-state index in [1.165, 1.54) is 24.1 Å². The second-order valence-electron chi connectivity index (χ2n) is 14.2. The molecule has 2 amide bonds. The molecule has 5 aromatic rings. The minimum absolute atomic E-state index is 0. The second-order valence-corrected chi connectivity index (χ2v) is 14.6. The van der Waals surface area contributed by atoms with Crippen LogP contribution in [0.1, 0.15) is 71.7 Å². The molecule has 12 nitrogen and oxygen atoms in total. The summed E-state index contributed by atoms with van der Waals surface area (Å²) in [5.41, 5.74) is 11.1. The van der Waals surface area contributed by atoms with Gasteiger partial charge in [-0.1, -0.05) is 60.1 Å². The molecule has 1 saturated carbocycles. The number of aryl methyl sites for hydroxylation is 1. The number of benzene rings is 4. The van der Waals surface area contributed by atoms with Crippen LogP contribution in [0.4, 0.5) is 10.5 Å². The molecular weight excluding hydrogens is 805 g/mol. The predicted octanol–water partition coefficient (Wildman–Crippen LogP) is 7.74. The van der Waals surface area contributed by atoms with Gasteiger partial charge in [-0.25, -0.2) is 4.79 Å². The van der Waals surface area contributed by atoms with E-state index in [-0.39, 0.29) is 83.3 Å². The number of fused-ring (bicyclic) bond motifs is 1. The van der Waals surface area contributed by atoms with Gasteiger partial charge in [-0.2, -0.15) is 0 Å². The van der Waals surface area contributed by atoms with E-state index in [4.69, 9.17) is 22.1 Å². The van der Waals surface area contributed by atoms with Gasteiger partial charge in [-0.15, -0.1) is 24.8 Å². The molecule has 58 heavy (non-hydrogen) atoms. The standard InChI is InChI=1S/C43H48ClN5O7.2ClH/c1-56-39-23-34(35(44)22-28(39)24-46-25-38(51)32-16-18-37(50)41-33(32)17-19-40(52)48-41)42(53)47-20-6-5-7-26-10-15-31(27-8-3-2-4-9-27)36(21-26)49(43(54)55)30-13-11-29(45)12-14-30;;/h2-4,8-10,15-19,21-23,29-30,38,46,50-51H,5-7,11-14,20,24-25,45H2,1H3,(H,47,53)(H,48,52)(H,54,55);2*1H/t29?,30?,38-;;/m0../s1. The van der Waals surface area contributed by atoms with Crippen molar-refractivity contribution in [3.8, 4) is 22.6 Å². The number of methoxy groups -OCH3 is 1. The highest BCUT2D eigenvalue weighted by atomic mass is 35.5. The summed E-state index contributed by atoms with van der Waals surface area (Å²) in [7, 11) is 1.50. The van der Waals surface area contributed by atoms with E-state index in [0.29, 0.717) is 47.3 Å². The number of aromatic hydroxyl groups is 1. The van der Waals surface area contributed by atoms with Crippen LogP contribution in [0.25, 0.3) is 22.0 Å². The highest BCUT2D eigenvalue weighted by molar-refractivity contribution is 6.34. The van der Waals surface area contributed by atoms with Gasteiger partial charge >= 0.3 is 6.09 Å². The zero-order chi connectivity index (χ0) is 39.8. The Labute approximate surface area is 354 Å². The number of rotatable bonds is 15. The molecule has 0 aliphatic heterocycles. The molecule has 0 bridgehead atoms.